The molecule has 3 aromatic carbocycles. The van der Waals surface area contributed by atoms with Gasteiger partial charge in [-0.15, -0.1) is 0 Å². The second kappa shape index (κ2) is 8.46. The van der Waals surface area contributed by atoms with Gasteiger partial charge in [0.1, 0.15) is 0 Å². The van der Waals surface area contributed by atoms with Gasteiger partial charge in [-0.2, -0.15) is 0 Å². The van der Waals surface area contributed by atoms with Crippen LogP contribution < -0.4 is 10.0 Å². The van der Waals surface area contributed by atoms with E-state index in [2.05, 4.69) is 10.0 Å². The molecule has 1 amide bonds. The number of hydrogen-bond donors (Lipinski definition) is 2. The highest BCUT2D eigenvalue weighted by molar-refractivity contribution is 7.92. The van der Waals surface area contributed by atoms with Gasteiger partial charge in [-0.1, -0.05) is 48.9 Å². The molecule has 0 bridgehead atoms. The Balaban J connectivity index is 1.76. The third-order valence-electron chi connectivity index (χ3n) is 4.18. The third kappa shape index (κ3) is 4.52. The Kier molecular flexibility index (Phi) is 6.02. The minimum atomic E-state index is -3.73. The number of amides is 1. The number of anilines is 2. The Morgan fingerprint density at radius 2 is 1.57 bits per heavy atom. The maximum atomic E-state index is 12.7. The zero-order valence-corrected chi connectivity index (χ0v) is 16.7. The summed E-state index contributed by atoms with van der Waals surface area (Å²) in [5, 5.41) is 3.05. The monoisotopic (exact) mass is 414 g/mol. The molecule has 3 rings (SSSR count). The smallest absolute Gasteiger partial charge is 0.261 e. The van der Waals surface area contributed by atoms with Crippen LogP contribution in [0.2, 0.25) is 5.02 Å². The molecule has 0 saturated heterocycles. The number of rotatable bonds is 6. The van der Waals surface area contributed by atoms with E-state index in [1.807, 2.05) is 19.1 Å². The van der Waals surface area contributed by atoms with Crippen LogP contribution in [0, 0.1) is 0 Å². The van der Waals surface area contributed by atoms with Gasteiger partial charge in [0.05, 0.1) is 21.2 Å². The summed E-state index contributed by atoms with van der Waals surface area (Å²) < 4.78 is 27.9. The van der Waals surface area contributed by atoms with E-state index in [-0.39, 0.29) is 10.8 Å². The number of aryl methyl sites for hydroxylation is 1. The van der Waals surface area contributed by atoms with E-state index in [0.29, 0.717) is 28.4 Å². The third-order valence-corrected chi connectivity index (χ3v) is 5.89. The van der Waals surface area contributed by atoms with Crippen molar-refractivity contribution in [2.75, 3.05) is 10.0 Å². The molecule has 2 N–H and O–H groups in total. The van der Waals surface area contributed by atoms with E-state index in [1.165, 1.54) is 24.3 Å². The quantitative estimate of drug-likeness (QED) is 0.598. The summed E-state index contributed by atoms with van der Waals surface area (Å²) >= 11 is 6.02. The van der Waals surface area contributed by atoms with Crippen LogP contribution in [0.5, 0.6) is 0 Å². The molecule has 28 heavy (non-hydrogen) atoms. The van der Waals surface area contributed by atoms with E-state index < -0.39 is 10.0 Å². The van der Waals surface area contributed by atoms with Crippen LogP contribution in [0.3, 0.4) is 0 Å². The minimum absolute atomic E-state index is 0.106. The zero-order valence-electron chi connectivity index (χ0n) is 15.1. The summed E-state index contributed by atoms with van der Waals surface area (Å²) in [6.07, 6.45) is 0.714. The first kappa shape index (κ1) is 19.9. The number of carbonyl (C=O) groups is 1. The van der Waals surface area contributed by atoms with Gasteiger partial charge in [0.2, 0.25) is 0 Å². The van der Waals surface area contributed by atoms with Crippen LogP contribution >= 0.6 is 11.6 Å². The number of carbonyl (C=O) groups excluding carboxylic acids is 1. The van der Waals surface area contributed by atoms with Crippen LogP contribution in [0.1, 0.15) is 22.8 Å². The number of hydrogen-bond acceptors (Lipinski definition) is 3. The second-order valence-electron chi connectivity index (χ2n) is 6.07. The summed E-state index contributed by atoms with van der Waals surface area (Å²) in [5.74, 6) is -0.365. The van der Waals surface area contributed by atoms with Gasteiger partial charge < -0.3 is 5.32 Å². The molecule has 0 unspecified atom stereocenters. The largest absolute Gasteiger partial charge is 0.322 e. The summed E-state index contributed by atoms with van der Waals surface area (Å²) in [7, 11) is -3.73. The summed E-state index contributed by atoms with van der Waals surface area (Å²) in [6, 6.07) is 19.9. The van der Waals surface area contributed by atoms with Crippen molar-refractivity contribution in [2.45, 2.75) is 18.2 Å². The Morgan fingerprint density at radius 3 is 2.25 bits per heavy atom. The fourth-order valence-corrected chi connectivity index (χ4v) is 4.02. The predicted octanol–water partition coefficient (Wildman–Crippen LogP) is 4.96. The van der Waals surface area contributed by atoms with Crippen LogP contribution in [-0.2, 0) is 16.4 Å². The highest BCUT2D eigenvalue weighted by atomic mass is 35.5. The molecule has 0 aliphatic heterocycles. The SMILES string of the molecule is CCc1ccccc1NS(=O)(=O)c1ccc(NC(=O)c2ccccc2Cl)cc1. The lowest BCUT2D eigenvalue weighted by Gasteiger charge is -2.12. The van der Waals surface area contributed by atoms with Gasteiger partial charge in [0.25, 0.3) is 15.9 Å². The van der Waals surface area contributed by atoms with Crippen molar-refractivity contribution in [3.63, 3.8) is 0 Å². The lowest BCUT2D eigenvalue weighted by molar-refractivity contribution is 0.102. The number of sulfonamides is 1. The van der Waals surface area contributed by atoms with Gasteiger partial charge in [-0.25, -0.2) is 8.42 Å². The van der Waals surface area contributed by atoms with E-state index >= 15 is 0 Å². The zero-order chi connectivity index (χ0) is 20.1. The highest BCUT2D eigenvalue weighted by Crippen LogP contribution is 2.22. The van der Waals surface area contributed by atoms with Crippen molar-refractivity contribution in [1.29, 1.82) is 0 Å². The summed E-state index contributed by atoms with van der Waals surface area (Å²) in [5.41, 5.74) is 2.28. The molecule has 0 heterocycles. The van der Waals surface area contributed by atoms with E-state index in [0.717, 1.165) is 5.56 Å². The minimum Gasteiger partial charge on any atom is -0.322 e. The lowest BCUT2D eigenvalue weighted by Crippen LogP contribution is -2.15. The maximum absolute atomic E-state index is 12.7. The molecule has 0 aliphatic rings. The number of halogens is 1. The Hall–Kier alpha value is -2.83. The van der Waals surface area contributed by atoms with Gasteiger partial charge in [0, 0.05) is 5.69 Å². The fraction of sp³-hybridized carbons (Fsp3) is 0.0952. The van der Waals surface area contributed by atoms with Crippen LogP contribution in [0.4, 0.5) is 11.4 Å². The topological polar surface area (TPSA) is 75.3 Å². The Morgan fingerprint density at radius 1 is 0.929 bits per heavy atom. The standard InChI is InChI=1S/C21H19ClN2O3S/c1-2-15-7-3-6-10-20(15)24-28(26,27)17-13-11-16(12-14-17)23-21(25)18-8-4-5-9-19(18)22/h3-14,24H,2H2,1H3,(H,23,25). The van der Waals surface area contributed by atoms with Crippen LogP contribution in [0.25, 0.3) is 0 Å². The van der Waals surface area contributed by atoms with Crippen molar-refractivity contribution in [3.8, 4) is 0 Å². The molecule has 0 fully saturated rings. The molecule has 0 aliphatic carbocycles. The first-order valence-corrected chi connectivity index (χ1v) is 10.5. The van der Waals surface area contributed by atoms with E-state index in [1.54, 1.807) is 36.4 Å². The average molecular weight is 415 g/mol. The first-order chi connectivity index (χ1) is 13.4. The second-order valence-corrected chi connectivity index (χ2v) is 8.16. The van der Waals surface area contributed by atoms with Crippen molar-refractivity contribution in [2.24, 2.45) is 0 Å². The number of nitrogens with one attached hydrogen (secondary N) is 2. The van der Waals surface area contributed by atoms with Crippen molar-refractivity contribution < 1.29 is 13.2 Å². The molecule has 0 spiro atoms. The Bertz CT molecular complexity index is 1100. The van der Waals surface area contributed by atoms with Gasteiger partial charge in [0.15, 0.2) is 0 Å². The Labute approximate surface area is 169 Å². The van der Waals surface area contributed by atoms with Gasteiger partial charge in [-0.3, -0.25) is 9.52 Å². The first-order valence-electron chi connectivity index (χ1n) is 8.67. The predicted molar refractivity (Wildman–Crippen MR) is 112 cm³/mol. The molecule has 144 valence electrons. The molecule has 0 saturated carbocycles. The normalized spacial score (nSPS) is 11.1. The van der Waals surface area contributed by atoms with Gasteiger partial charge in [-0.05, 0) is 54.4 Å². The molecule has 7 heteroatoms. The molecule has 0 atom stereocenters. The number of benzene rings is 3. The molecule has 0 aromatic heterocycles. The van der Waals surface area contributed by atoms with Crippen molar-refractivity contribution in [3.05, 3.63) is 88.9 Å². The van der Waals surface area contributed by atoms with E-state index in [9.17, 15) is 13.2 Å². The van der Waals surface area contributed by atoms with Crippen molar-refractivity contribution in [1.82, 2.24) is 0 Å². The molecular formula is C21H19ClN2O3S. The molecule has 0 radical (unpaired) electrons. The fourth-order valence-electron chi connectivity index (χ4n) is 2.69. The van der Waals surface area contributed by atoms with Gasteiger partial charge >= 0.3 is 0 Å². The van der Waals surface area contributed by atoms with Crippen molar-refractivity contribution >= 4 is 38.9 Å². The van der Waals surface area contributed by atoms with Crippen LogP contribution in [-0.4, -0.2) is 14.3 Å². The highest BCUT2D eigenvalue weighted by Gasteiger charge is 2.16. The maximum Gasteiger partial charge on any atom is 0.261 e. The molecule has 5 nitrogen and oxygen atoms in total. The average Bonchev–Trinajstić information content (AvgIpc) is 2.69. The lowest BCUT2D eigenvalue weighted by atomic mass is 10.1. The van der Waals surface area contributed by atoms with Crippen LogP contribution in [0.15, 0.2) is 77.7 Å². The number of para-hydroxylation sites is 1. The molecule has 3 aromatic rings. The van der Waals surface area contributed by atoms with E-state index in [4.69, 9.17) is 11.6 Å². The summed E-state index contributed by atoms with van der Waals surface area (Å²) in [4.78, 5) is 12.4. The summed E-state index contributed by atoms with van der Waals surface area (Å²) in [6.45, 7) is 1.96. The molecular weight excluding hydrogens is 396 g/mol.